The third kappa shape index (κ3) is 4.78. The first-order chi connectivity index (χ1) is 14.1. The van der Waals surface area contributed by atoms with Crippen molar-refractivity contribution in [1.29, 1.82) is 0 Å². The Kier molecular flexibility index (Phi) is 6.90. The van der Waals surface area contributed by atoms with E-state index in [-0.39, 0.29) is 5.75 Å². The lowest BCUT2D eigenvalue weighted by atomic mass is 10.2. The van der Waals surface area contributed by atoms with Crippen LogP contribution in [-0.2, 0) is 0 Å². The Morgan fingerprint density at radius 2 is 1.93 bits per heavy atom. The maximum Gasteiger partial charge on any atom is 0.206 e. The minimum atomic E-state index is -0.0492. The summed E-state index contributed by atoms with van der Waals surface area (Å²) in [6.45, 7) is 4.22. The number of phenols is 1. The molecule has 0 unspecified atom stereocenters. The quantitative estimate of drug-likeness (QED) is 0.400. The van der Waals surface area contributed by atoms with Crippen LogP contribution in [0.15, 0.2) is 69.0 Å². The Morgan fingerprint density at radius 3 is 2.55 bits per heavy atom. The lowest BCUT2D eigenvalue weighted by Gasteiger charge is -2.09. The van der Waals surface area contributed by atoms with Crippen molar-refractivity contribution in [3.63, 3.8) is 0 Å². The van der Waals surface area contributed by atoms with Crippen molar-refractivity contribution in [3.05, 3.63) is 69.3 Å². The van der Waals surface area contributed by atoms with E-state index in [0.717, 1.165) is 20.5 Å². The highest BCUT2D eigenvalue weighted by Crippen LogP contribution is 2.36. The number of benzene rings is 2. The van der Waals surface area contributed by atoms with Gasteiger partial charge in [0.25, 0.3) is 0 Å². The Bertz CT molecular complexity index is 1090. The van der Waals surface area contributed by atoms with Crippen molar-refractivity contribution in [3.8, 4) is 28.5 Å². The summed E-state index contributed by atoms with van der Waals surface area (Å²) in [5, 5.41) is 16.8. The van der Waals surface area contributed by atoms with Crippen LogP contribution in [0.4, 0.5) is 0 Å². The molecule has 6 nitrogen and oxygen atoms in total. The fourth-order valence-electron chi connectivity index (χ4n) is 2.62. The Morgan fingerprint density at radius 1 is 1.21 bits per heavy atom. The van der Waals surface area contributed by atoms with Gasteiger partial charge in [-0.1, -0.05) is 34.1 Å². The van der Waals surface area contributed by atoms with Crippen LogP contribution in [-0.4, -0.2) is 36.8 Å². The zero-order valence-corrected chi connectivity index (χ0v) is 18.4. The summed E-state index contributed by atoms with van der Waals surface area (Å²) in [6.07, 6.45) is 3.41. The molecule has 0 saturated heterocycles. The standard InChI is InChI=1S/C21H20BrN3O3S/c1-4-8-23-21-25(17(13-29-21)15-6-5-7-16(22)11-15)24-12-14-9-18(27-2)20(26)19(10-14)28-3/h4-7,9-13,26H,1,8H2,2-3H3. The molecule has 0 atom stereocenters. The first-order valence-electron chi connectivity index (χ1n) is 8.64. The summed E-state index contributed by atoms with van der Waals surface area (Å²) in [7, 11) is 2.97. The highest BCUT2D eigenvalue weighted by atomic mass is 79.9. The molecule has 0 fully saturated rings. The number of rotatable bonds is 7. The van der Waals surface area contributed by atoms with Crippen LogP contribution in [0.1, 0.15) is 5.56 Å². The van der Waals surface area contributed by atoms with Crippen LogP contribution in [0.2, 0.25) is 0 Å². The first-order valence-corrected chi connectivity index (χ1v) is 10.3. The number of halogens is 1. The molecule has 2 aromatic carbocycles. The third-order valence-corrected chi connectivity index (χ3v) is 5.33. The van der Waals surface area contributed by atoms with E-state index in [4.69, 9.17) is 9.47 Å². The Balaban J connectivity index is 2.10. The van der Waals surface area contributed by atoms with Gasteiger partial charge in [-0.3, -0.25) is 4.99 Å². The molecule has 8 heteroatoms. The zero-order chi connectivity index (χ0) is 20.8. The normalized spacial score (nSPS) is 11.8. The van der Waals surface area contributed by atoms with Gasteiger partial charge >= 0.3 is 0 Å². The van der Waals surface area contributed by atoms with Gasteiger partial charge in [-0.15, -0.1) is 17.9 Å². The van der Waals surface area contributed by atoms with Crippen LogP contribution in [0.25, 0.3) is 11.3 Å². The van der Waals surface area contributed by atoms with Crippen molar-refractivity contribution in [1.82, 2.24) is 4.68 Å². The van der Waals surface area contributed by atoms with E-state index in [9.17, 15) is 5.11 Å². The molecule has 3 aromatic rings. The number of methoxy groups -OCH3 is 2. The summed E-state index contributed by atoms with van der Waals surface area (Å²) in [5.41, 5.74) is 2.63. The van der Waals surface area contributed by atoms with Gasteiger partial charge in [-0.25, -0.2) is 4.68 Å². The van der Waals surface area contributed by atoms with Crippen LogP contribution in [0.5, 0.6) is 17.2 Å². The SMILES string of the molecule is C=CCN=c1scc(-c2cccc(Br)c2)n1N=Cc1cc(OC)c(O)c(OC)c1. The smallest absolute Gasteiger partial charge is 0.206 e. The molecule has 1 N–H and O–H groups in total. The van der Waals surface area contributed by atoms with Crippen LogP contribution >= 0.6 is 27.3 Å². The second kappa shape index (κ2) is 9.58. The van der Waals surface area contributed by atoms with E-state index in [1.165, 1.54) is 25.6 Å². The van der Waals surface area contributed by atoms with Gasteiger partial charge in [0.1, 0.15) is 0 Å². The van der Waals surface area contributed by atoms with Gasteiger partial charge in [0.05, 0.1) is 32.7 Å². The highest BCUT2D eigenvalue weighted by Gasteiger charge is 2.11. The highest BCUT2D eigenvalue weighted by molar-refractivity contribution is 9.10. The number of aromatic hydroxyl groups is 1. The molecular weight excluding hydrogens is 454 g/mol. The van der Waals surface area contributed by atoms with Gasteiger partial charge in [0, 0.05) is 21.0 Å². The largest absolute Gasteiger partial charge is 0.502 e. The number of thiazole rings is 1. The minimum absolute atomic E-state index is 0.0492. The third-order valence-electron chi connectivity index (χ3n) is 3.99. The van der Waals surface area contributed by atoms with Gasteiger partial charge in [0.2, 0.25) is 10.6 Å². The van der Waals surface area contributed by atoms with E-state index in [1.807, 2.05) is 29.6 Å². The average Bonchev–Trinajstić information content (AvgIpc) is 3.14. The molecule has 0 aliphatic heterocycles. The molecule has 0 bridgehead atoms. The van der Waals surface area contributed by atoms with Gasteiger partial charge in [0.15, 0.2) is 11.5 Å². The van der Waals surface area contributed by atoms with Gasteiger partial charge in [-0.05, 0) is 24.3 Å². The lowest BCUT2D eigenvalue weighted by molar-refractivity contribution is 0.340. The monoisotopic (exact) mass is 473 g/mol. The van der Waals surface area contributed by atoms with Crippen LogP contribution in [0.3, 0.4) is 0 Å². The predicted octanol–water partition coefficient (Wildman–Crippen LogP) is 4.67. The second-order valence-electron chi connectivity index (χ2n) is 5.87. The number of aromatic nitrogens is 1. The molecule has 29 heavy (non-hydrogen) atoms. The summed E-state index contributed by atoms with van der Waals surface area (Å²) in [6, 6.07) is 11.4. The fourth-order valence-corrected chi connectivity index (χ4v) is 3.87. The zero-order valence-electron chi connectivity index (χ0n) is 16.0. The molecule has 0 amide bonds. The second-order valence-corrected chi connectivity index (χ2v) is 7.63. The molecule has 0 radical (unpaired) electrons. The Labute approximate surface area is 181 Å². The number of hydrogen-bond acceptors (Lipinski definition) is 6. The molecule has 0 aliphatic carbocycles. The molecule has 0 spiro atoms. The van der Waals surface area contributed by atoms with Crippen molar-refractivity contribution in [2.24, 2.45) is 10.1 Å². The lowest BCUT2D eigenvalue weighted by Crippen LogP contribution is -2.12. The summed E-state index contributed by atoms with van der Waals surface area (Å²) in [4.78, 5) is 5.28. The summed E-state index contributed by atoms with van der Waals surface area (Å²) >= 11 is 5.01. The van der Waals surface area contributed by atoms with Crippen molar-refractivity contribution in [2.75, 3.05) is 20.8 Å². The van der Waals surface area contributed by atoms with E-state index in [1.54, 1.807) is 29.1 Å². The molecule has 150 valence electrons. The number of ether oxygens (including phenoxy) is 2. The number of phenolic OH excluding ortho intramolecular Hbond substituents is 1. The number of nitrogens with zero attached hydrogens (tertiary/aromatic N) is 3. The topological polar surface area (TPSA) is 68.3 Å². The van der Waals surface area contributed by atoms with Gasteiger partial charge < -0.3 is 14.6 Å². The van der Waals surface area contributed by atoms with Crippen molar-refractivity contribution < 1.29 is 14.6 Å². The fraction of sp³-hybridized carbons (Fsp3) is 0.143. The summed E-state index contributed by atoms with van der Waals surface area (Å²) < 4.78 is 13.2. The van der Waals surface area contributed by atoms with Crippen LogP contribution < -0.4 is 14.3 Å². The molecule has 0 saturated carbocycles. The Hall–Kier alpha value is -2.84. The molecule has 0 aliphatic rings. The molecule has 1 heterocycles. The predicted molar refractivity (Wildman–Crippen MR) is 120 cm³/mol. The van der Waals surface area contributed by atoms with E-state index in [2.05, 4.69) is 32.6 Å². The molecular formula is C21H20BrN3O3S. The average molecular weight is 474 g/mol. The maximum atomic E-state index is 10.1. The van der Waals surface area contributed by atoms with E-state index in [0.29, 0.717) is 23.6 Å². The van der Waals surface area contributed by atoms with Crippen molar-refractivity contribution >= 4 is 33.5 Å². The molecule has 1 aromatic heterocycles. The van der Waals surface area contributed by atoms with E-state index < -0.39 is 0 Å². The maximum absolute atomic E-state index is 10.1. The van der Waals surface area contributed by atoms with Crippen LogP contribution in [0, 0.1) is 0 Å². The van der Waals surface area contributed by atoms with E-state index >= 15 is 0 Å². The van der Waals surface area contributed by atoms with Gasteiger partial charge in [-0.2, -0.15) is 5.10 Å². The van der Waals surface area contributed by atoms with Crippen molar-refractivity contribution in [2.45, 2.75) is 0 Å². The number of hydrogen-bond donors (Lipinski definition) is 1. The minimum Gasteiger partial charge on any atom is -0.502 e. The first kappa shape index (κ1) is 20.9. The molecule has 3 rings (SSSR count). The summed E-state index contributed by atoms with van der Waals surface area (Å²) in [5.74, 6) is 0.571.